The lowest BCUT2D eigenvalue weighted by Crippen LogP contribution is -2.30. The van der Waals surface area contributed by atoms with E-state index in [9.17, 15) is 20.0 Å². The van der Waals surface area contributed by atoms with Gasteiger partial charge in [-0.2, -0.15) is 0 Å². The monoisotopic (exact) mass is 284 g/mol. The Bertz CT molecular complexity index is 498. The topological polar surface area (TPSA) is 110 Å². The minimum atomic E-state index is -1.02. The van der Waals surface area contributed by atoms with E-state index in [0.29, 0.717) is 18.8 Å². The molecule has 0 radical (unpaired) electrons. The number of carboxylic acids is 1. The molecule has 2 N–H and O–H groups in total. The molecular weight excluding hydrogens is 264 g/mol. The zero-order chi connectivity index (χ0) is 15.3. The van der Waals surface area contributed by atoms with Crippen molar-refractivity contribution in [3.05, 3.63) is 15.9 Å². The molecule has 112 valence electrons. The first kappa shape index (κ1) is 15.9. The van der Waals surface area contributed by atoms with Gasteiger partial charge in [0.25, 0.3) is 0 Å². The summed E-state index contributed by atoms with van der Waals surface area (Å²) < 4.78 is 1.61. The van der Waals surface area contributed by atoms with E-state index < -0.39 is 16.9 Å². The molecule has 0 bridgehead atoms. The maximum Gasteiger partial charge on any atom is 0.406 e. The number of carbonyl (C=O) groups is 1. The molecule has 0 amide bonds. The molecule has 1 heterocycles. The largest absolute Gasteiger partial charge is 0.480 e. The number of hydrogen-bond acceptors (Lipinski definition) is 5. The van der Waals surface area contributed by atoms with Gasteiger partial charge in [0.2, 0.25) is 11.6 Å². The molecule has 0 unspecified atom stereocenters. The number of hydrogen-bond donors (Lipinski definition) is 2. The third-order valence-corrected chi connectivity index (χ3v) is 3.08. The quantitative estimate of drug-likeness (QED) is 0.559. The molecule has 1 atom stereocenters. The van der Waals surface area contributed by atoms with Crippen LogP contribution in [0.15, 0.2) is 0 Å². The Hall–Kier alpha value is -2.12. The number of aliphatic carboxylic acids is 1. The number of unbranched alkanes of at least 4 members (excludes halogenated alkanes) is 1. The standard InChI is InChI=1S/C12H20N4O4/c1-4-6-7-9(12(17)18)14-10-11(16(19)20)13-8(3)15(10)5-2/h9,14H,4-7H2,1-3H3,(H,17,18)/t9-/m0/s1. The van der Waals surface area contributed by atoms with Gasteiger partial charge in [0.1, 0.15) is 6.04 Å². The van der Waals surface area contributed by atoms with Crippen molar-refractivity contribution in [1.82, 2.24) is 9.55 Å². The van der Waals surface area contributed by atoms with E-state index in [1.807, 2.05) is 13.8 Å². The van der Waals surface area contributed by atoms with E-state index in [2.05, 4.69) is 10.3 Å². The van der Waals surface area contributed by atoms with E-state index in [-0.39, 0.29) is 11.6 Å². The first-order chi connectivity index (χ1) is 9.42. The van der Waals surface area contributed by atoms with Crippen molar-refractivity contribution in [3.63, 3.8) is 0 Å². The summed E-state index contributed by atoms with van der Waals surface area (Å²) in [5.74, 6) is -0.693. The van der Waals surface area contributed by atoms with Gasteiger partial charge < -0.3 is 20.5 Å². The minimum absolute atomic E-state index is 0.165. The van der Waals surface area contributed by atoms with E-state index >= 15 is 0 Å². The van der Waals surface area contributed by atoms with Gasteiger partial charge in [0.05, 0.1) is 0 Å². The smallest absolute Gasteiger partial charge is 0.406 e. The zero-order valence-corrected chi connectivity index (χ0v) is 11.9. The van der Waals surface area contributed by atoms with Crippen LogP contribution < -0.4 is 5.32 Å². The highest BCUT2D eigenvalue weighted by atomic mass is 16.6. The Morgan fingerprint density at radius 1 is 1.55 bits per heavy atom. The summed E-state index contributed by atoms with van der Waals surface area (Å²) in [6.45, 7) is 5.92. The number of imidazole rings is 1. The molecule has 1 rings (SSSR count). The molecule has 8 nitrogen and oxygen atoms in total. The van der Waals surface area contributed by atoms with Gasteiger partial charge in [-0.25, -0.2) is 4.79 Å². The fraction of sp³-hybridized carbons (Fsp3) is 0.667. The van der Waals surface area contributed by atoms with Crippen LogP contribution in [0.2, 0.25) is 0 Å². The van der Waals surface area contributed by atoms with Crippen molar-refractivity contribution >= 4 is 17.6 Å². The van der Waals surface area contributed by atoms with E-state index in [1.165, 1.54) is 0 Å². The SMILES string of the molecule is CCCC[C@H](Nc1c([N+](=O)[O-])nc(C)n1CC)C(=O)O. The second kappa shape index (κ2) is 6.88. The van der Waals surface area contributed by atoms with Crippen LogP contribution in [0.4, 0.5) is 11.6 Å². The third-order valence-electron chi connectivity index (χ3n) is 3.08. The molecule has 0 aromatic carbocycles. The highest BCUT2D eigenvalue weighted by Crippen LogP contribution is 2.26. The molecule has 0 aliphatic rings. The van der Waals surface area contributed by atoms with Crippen LogP contribution in [0.5, 0.6) is 0 Å². The van der Waals surface area contributed by atoms with Crippen LogP contribution in [0, 0.1) is 17.0 Å². The summed E-state index contributed by atoms with van der Waals surface area (Å²) in [6, 6.07) is -0.852. The second-order valence-corrected chi connectivity index (χ2v) is 4.51. The number of nitrogens with zero attached hydrogens (tertiary/aromatic N) is 3. The predicted octanol–water partition coefficient (Wildman–Crippen LogP) is 2.17. The summed E-state index contributed by atoms with van der Waals surface area (Å²) >= 11 is 0. The normalized spacial score (nSPS) is 12.2. The maximum atomic E-state index is 11.2. The lowest BCUT2D eigenvalue weighted by atomic mass is 10.1. The van der Waals surface area contributed by atoms with Gasteiger partial charge in [0.15, 0.2) is 0 Å². The maximum absolute atomic E-state index is 11.2. The number of carboxylic acid groups (broad SMARTS) is 1. The van der Waals surface area contributed by atoms with E-state index in [1.54, 1.807) is 11.5 Å². The Labute approximate surface area is 117 Å². The van der Waals surface area contributed by atoms with Crippen molar-refractivity contribution in [2.45, 2.75) is 52.6 Å². The third kappa shape index (κ3) is 3.46. The van der Waals surface area contributed by atoms with Crippen LogP contribution in [-0.4, -0.2) is 31.6 Å². The zero-order valence-electron chi connectivity index (χ0n) is 11.9. The van der Waals surface area contributed by atoms with Gasteiger partial charge in [-0.05, 0) is 23.3 Å². The van der Waals surface area contributed by atoms with Crippen LogP contribution in [0.25, 0.3) is 0 Å². The van der Waals surface area contributed by atoms with E-state index in [0.717, 1.165) is 12.8 Å². The summed E-state index contributed by atoms with van der Waals surface area (Å²) in [5.41, 5.74) is 0. The van der Waals surface area contributed by atoms with Gasteiger partial charge in [-0.15, -0.1) is 0 Å². The summed E-state index contributed by atoms with van der Waals surface area (Å²) in [6.07, 6.45) is 2.01. The molecule has 1 aromatic rings. The second-order valence-electron chi connectivity index (χ2n) is 4.51. The summed E-state index contributed by atoms with van der Waals surface area (Å²) in [7, 11) is 0. The van der Waals surface area contributed by atoms with Crippen LogP contribution in [0.3, 0.4) is 0 Å². The molecule has 20 heavy (non-hydrogen) atoms. The average molecular weight is 284 g/mol. The average Bonchev–Trinajstić information content (AvgIpc) is 2.70. The van der Waals surface area contributed by atoms with Gasteiger partial charge in [-0.1, -0.05) is 19.8 Å². The van der Waals surface area contributed by atoms with Gasteiger partial charge in [-0.3, -0.25) is 4.57 Å². The van der Waals surface area contributed by atoms with Crippen LogP contribution in [0.1, 0.15) is 38.9 Å². The van der Waals surface area contributed by atoms with Gasteiger partial charge in [0, 0.05) is 13.5 Å². The number of aryl methyl sites for hydroxylation is 1. The number of rotatable bonds is 8. The first-order valence-electron chi connectivity index (χ1n) is 6.63. The van der Waals surface area contributed by atoms with Crippen LogP contribution in [-0.2, 0) is 11.3 Å². The molecule has 1 aromatic heterocycles. The van der Waals surface area contributed by atoms with Crippen molar-refractivity contribution in [2.24, 2.45) is 0 Å². The number of anilines is 1. The molecule has 0 spiro atoms. The van der Waals surface area contributed by atoms with Gasteiger partial charge >= 0.3 is 11.8 Å². The van der Waals surface area contributed by atoms with Crippen LogP contribution >= 0.6 is 0 Å². The van der Waals surface area contributed by atoms with Crippen molar-refractivity contribution in [3.8, 4) is 0 Å². The van der Waals surface area contributed by atoms with E-state index in [4.69, 9.17) is 0 Å². The molecule has 0 aliphatic heterocycles. The highest BCUT2D eigenvalue weighted by Gasteiger charge is 2.28. The number of aromatic nitrogens is 2. The molecule has 0 saturated carbocycles. The number of nitro groups is 1. The molecule has 0 aliphatic carbocycles. The summed E-state index contributed by atoms with van der Waals surface area (Å²) in [5, 5.41) is 23.0. The summed E-state index contributed by atoms with van der Waals surface area (Å²) in [4.78, 5) is 25.5. The fourth-order valence-corrected chi connectivity index (χ4v) is 2.04. The fourth-order valence-electron chi connectivity index (χ4n) is 2.04. The Morgan fingerprint density at radius 2 is 2.20 bits per heavy atom. The lowest BCUT2D eigenvalue weighted by molar-refractivity contribution is -0.388. The van der Waals surface area contributed by atoms with Crippen molar-refractivity contribution in [1.29, 1.82) is 0 Å². The Kier molecular flexibility index (Phi) is 5.48. The predicted molar refractivity (Wildman–Crippen MR) is 73.9 cm³/mol. The van der Waals surface area contributed by atoms with Crippen molar-refractivity contribution in [2.75, 3.05) is 5.32 Å². The molecule has 0 fully saturated rings. The lowest BCUT2D eigenvalue weighted by Gasteiger charge is -2.15. The molecular formula is C12H20N4O4. The number of nitrogens with one attached hydrogen (secondary N) is 1. The molecule has 0 saturated heterocycles. The Balaban J connectivity index is 3.09. The molecule has 8 heteroatoms. The Morgan fingerprint density at radius 3 is 2.65 bits per heavy atom. The first-order valence-corrected chi connectivity index (χ1v) is 6.63. The van der Waals surface area contributed by atoms with Crippen molar-refractivity contribution < 1.29 is 14.8 Å². The minimum Gasteiger partial charge on any atom is -0.480 e. The highest BCUT2D eigenvalue weighted by molar-refractivity contribution is 5.77.